The number of oxazole rings is 1. The molecule has 0 aliphatic carbocycles. The molecule has 0 saturated carbocycles. The van der Waals surface area contributed by atoms with E-state index in [1.165, 1.54) is 0 Å². The molecule has 3 aromatic rings. The zero-order valence-electron chi connectivity index (χ0n) is 16.3. The summed E-state index contributed by atoms with van der Waals surface area (Å²) in [6, 6.07) is 17.2. The Morgan fingerprint density at radius 2 is 1.86 bits per heavy atom. The number of halogens is 2. The highest BCUT2D eigenvalue weighted by Crippen LogP contribution is 2.24. The third-order valence-electron chi connectivity index (χ3n) is 3.95. The van der Waals surface area contributed by atoms with Gasteiger partial charge in [-0.25, -0.2) is 4.98 Å². The van der Waals surface area contributed by atoms with Crippen molar-refractivity contribution in [3.8, 4) is 17.2 Å². The van der Waals surface area contributed by atoms with Gasteiger partial charge in [-0.05, 0) is 31.2 Å². The highest BCUT2D eigenvalue weighted by molar-refractivity contribution is 14.0. The van der Waals surface area contributed by atoms with Gasteiger partial charge in [-0.2, -0.15) is 0 Å². The van der Waals surface area contributed by atoms with E-state index in [4.69, 9.17) is 20.8 Å². The number of aliphatic imine (C=N–C) groups is 1. The van der Waals surface area contributed by atoms with E-state index in [0.717, 1.165) is 11.3 Å². The van der Waals surface area contributed by atoms with Gasteiger partial charge in [0.25, 0.3) is 0 Å². The van der Waals surface area contributed by atoms with Gasteiger partial charge in [-0.3, -0.25) is 4.99 Å². The van der Waals surface area contributed by atoms with Crippen LogP contribution in [0.1, 0.15) is 12.6 Å². The van der Waals surface area contributed by atoms with E-state index in [9.17, 15) is 0 Å². The predicted octanol–water partition coefficient (Wildman–Crippen LogP) is 4.75. The van der Waals surface area contributed by atoms with E-state index >= 15 is 0 Å². The molecule has 0 bridgehead atoms. The molecular formula is C21H24ClIN4O2. The lowest BCUT2D eigenvalue weighted by molar-refractivity contribution is 0.224. The molecule has 154 valence electrons. The Morgan fingerprint density at radius 3 is 2.59 bits per heavy atom. The number of para-hydroxylation sites is 1. The van der Waals surface area contributed by atoms with Gasteiger partial charge in [-0.15, -0.1) is 24.0 Å². The highest BCUT2D eigenvalue weighted by atomic mass is 127. The quantitative estimate of drug-likeness (QED) is 0.264. The number of hydrogen-bond donors (Lipinski definition) is 2. The van der Waals surface area contributed by atoms with Crippen molar-refractivity contribution < 1.29 is 9.15 Å². The van der Waals surface area contributed by atoms with E-state index < -0.39 is 0 Å². The van der Waals surface area contributed by atoms with Crippen molar-refractivity contribution in [3.05, 3.63) is 71.6 Å². The molecule has 0 radical (unpaired) electrons. The molecule has 6 nitrogen and oxygen atoms in total. The number of guanidine groups is 1. The van der Waals surface area contributed by atoms with E-state index in [-0.39, 0.29) is 30.1 Å². The number of benzene rings is 2. The average molecular weight is 527 g/mol. The molecule has 0 spiro atoms. The molecule has 1 atom stereocenters. The topological polar surface area (TPSA) is 71.7 Å². The predicted molar refractivity (Wildman–Crippen MR) is 127 cm³/mol. The summed E-state index contributed by atoms with van der Waals surface area (Å²) >= 11 is 6.12. The van der Waals surface area contributed by atoms with Crippen molar-refractivity contribution in [2.24, 2.45) is 4.99 Å². The number of aromatic nitrogens is 1. The lowest BCUT2D eigenvalue weighted by atomic mass is 10.2. The lowest BCUT2D eigenvalue weighted by Gasteiger charge is -2.18. The summed E-state index contributed by atoms with van der Waals surface area (Å²) < 4.78 is 11.4. The number of rotatable bonds is 7. The minimum Gasteiger partial charge on any atom is -0.487 e. The van der Waals surface area contributed by atoms with Gasteiger partial charge in [0.05, 0.1) is 23.8 Å². The second-order valence-electron chi connectivity index (χ2n) is 6.18. The third kappa shape index (κ3) is 6.93. The maximum atomic E-state index is 6.12. The molecule has 0 fully saturated rings. The van der Waals surface area contributed by atoms with Gasteiger partial charge in [0.1, 0.15) is 18.1 Å². The molecule has 1 heterocycles. The van der Waals surface area contributed by atoms with Crippen LogP contribution in [0, 0.1) is 0 Å². The summed E-state index contributed by atoms with van der Waals surface area (Å²) in [6.45, 7) is 3.03. The van der Waals surface area contributed by atoms with E-state index in [1.54, 1.807) is 19.4 Å². The van der Waals surface area contributed by atoms with Crippen LogP contribution in [0.4, 0.5) is 0 Å². The SMILES string of the molecule is CN=C(NCc1coc(-c2ccccc2)n1)NCC(C)Oc1ccccc1Cl.I. The normalized spacial score (nSPS) is 12.0. The summed E-state index contributed by atoms with van der Waals surface area (Å²) in [6.07, 6.45) is 1.56. The van der Waals surface area contributed by atoms with Gasteiger partial charge in [0.15, 0.2) is 5.96 Å². The first kappa shape index (κ1) is 23.0. The molecule has 2 aromatic carbocycles. The van der Waals surface area contributed by atoms with Crippen molar-refractivity contribution >= 4 is 41.5 Å². The molecular weight excluding hydrogens is 503 g/mol. The van der Waals surface area contributed by atoms with Crippen LogP contribution >= 0.6 is 35.6 Å². The van der Waals surface area contributed by atoms with Crippen LogP contribution in [0.25, 0.3) is 11.5 Å². The second kappa shape index (κ2) is 11.7. The standard InChI is InChI=1S/C21H23ClN4O2.HI/c1-15(28-19-11-7-6-10-18(19)22)12-24-21(23-2)25-13-17-14-27-20(26-17)16-8-4-3-5-9-16;/h3-11,14-15H,12-13H2,1-2H3,(H2,23,24,25);1H. The summed E-state index contributed by atoms with van der Waals surface area (Å²) in [5.41, 5.74) is 1.74. The van der Waals surface area contributed by atoms with Crippen LogP contribution in [-0.2, 0) is 6.54 Å². The van der Waals surface area contributed by atoms with Gasteiger partial charge >= 0.3 is 0 Å². The number of nitrogens with zero attached hydrogens (tertiary/aromatic N) is 2. The van der Waals surface area contributed by atoms with Gasteiger partial charge in [0, 0.05) is 12.6 Å². The Labute approximate surface area is 192 Å². The summed E-state index contributed by atoms with van der Waals surface area (Å²) in [4.78, 5) is 8.72. The Bertz CT molecular complexity index is 918. The minimum atomic E-state index is -0.0878. The number of ether oxygens (including phenoxy) is 1. The lowest BCUT2D eigenvalue weighted by Crippen LogP contribution is -2.41. The number of nitrogens with one attached hydrogen (secondary N) is 2. The smallest absolute Gasteiger partial charge is 0.226 e. The van der Waals surface area contributed by atoms with Crippen molar-refractivity contribution in [1.82, 2.24) is 15.6 Å². The van der Waals surface area contributed by atoms with Gasteiger partial charge in [0.2, 0.25) is 5.89 Å². The highest BCUT2D eigenvalue weighted by Gasteiger charge is 2.10. The van der Waals surface area contributed by atoms with Gasteiger partial charge in [-0.1, -0.05) is 41.9 Å². The van der Waals surface area contributed by atoms with Crippen LogP contribution < -0.4 is 15.4 Å². The van der Waals surface area contributed by atoms with Crippen LogP contribution in [0.15, 0.2) is 70.3 Å². The van der Waals surface area contributed by atoms with E-state index in [1.807, 2.05) is 55.5 Å². The first-order valence-corrected chi connectivity index (χ1v) is 9.39. The first-order valence-electron chi connectivity index (χ1n) is 9.01. The van der Waals surface area contributed by atoms with E-state index in [0.29, 0.717) is 35.7 Å². The molecule has 8 heteroatoms. The average Bonchev–Trinajstić information content (AvgIpc) is 3.20. The summed E-state index contributed by atoms with van der Waals surface area (Å²) in [7, 11) is 1.72. The molecule has 0 saturated heterocycles. The Balaban J connectivity index is 0.00000300. The molecule has 29 heavy (non-hydrogen) atoms. The van der Waals surface area contributed by atoms with Crippen LogP contribution in [0.5, 0.6) is 5.75 Å². The fourth-order valence-corrected chi connectivity index (χ4v) is 2.72. The first-order chi connectivity index (χ1) is 13.7. The van der Waals surface area contributed by atoms with Crippen LogP contribution in [0.2, 0.25) is 5.02 Å². The van der Waals surface area contributed by atoms with Crippen molar-refractivity contribution in [2.75, 3.05) is 13.6 Å². The Kier molecular flexibility index (Phi) is 9.27. The largest absolute Gasteiger partial charge is 0.487 e. The molecule has 0 aliphatic heterocycles. The molecule has 2 N–H and O–H groups in total. The zero-order chi connectivity index (χ0) is 19.8. The van der Waals surface area contributed by atoms with Crippen molar-refractivity contribution in [2.45, 2.75) is 19.6 Å². The summed E-state index contributed by atoms with van der Waals surface area (Å²) in [5.74, 6) is 1.92. The molecule has 0 amide bonds. The molecule has 1 unspecified atom stereocenters. The second-order valence-corrected chi connectivity index (χ2v) is 6.58. The third-order valence-corrected chi connectivity index (χ3v) is 4.27. The summed E-state index contributed by atoms with van der Waals surface area (Å²) in [5, 5.41) is 7.04. The fraction of sp³-hybridized carbons (Fsp3) is 0.238. The maximum absolute atomic E-state index is 6.12. The van der Waals surface area contributed by atoms with Gasteiger partial charge < -0.3 is 19.8 Å². The van der Waals surface area contributed by atoms with Crippen molar-refractivity contribution in [3.63, 3.8) is 0 Å². The minimum absolute atomic E-state index is 0. The van der Waals surface area contributed by atoms with Crippen molar-refractivity contribution in [1.29, 1.82) is 0 Å². The van der Waals surface area contributed by atoms with Crippen LogP contribution in [0.3, 0.4) is 0 Å². The maximum Gasteiger partial charge on any atom is 0.226 e. The van der Waals surface area contributed by atoms with E-state index in [2.05, 4.69) is 20.6 Å². The fourth-order valence-electron chi connectivity index (χ4n) is 2.54. The van der Waals surface area contributed by atoms with Crippen LogP contribution in [-0.4, -0.2) is 30.6 Å². The zero-order valence-corrected chi connectivity index (χ0v) is 19.3. The molecule has 3 rings (SSSR count). The Morgan fingerprint density at radius 1 is 1.14 bits per heavy atom. The molecule has 0 aliphatic rings. The number of hydrogen-bond acceptors (Lipinski definition) is 4. The monoisotopic (exact) mass is 526 g/mol. The Hall–Kier alpha value is -2.26. The molecule has 1 aromatic heterocycles.